The van der Waals surface area contributed by atoms with E-state index in [2.05, 4.69) is 10.2 Å². The van der Waals surface area contributed by atoms with Crippen molar-refractivity contribution < 1.29 is 19.1 Å². The van der Waals surface area contributed by atoms with Crippen molar-refractivity contribution in [3.8, 4) is 5.75 Å². The summed E-state index contributed by atoms with van der Waals surface area (Å²) >= 11 is 0. The number of nitrogens with two attached hydrogens (primary N) is 1. The van der Waals surface area contributed by atoms with E-state index in [1.165, 1.54) is 14.0 Å². The second-order valence-electron chi connectivity index (χ2n) is 7.10. The SMILES string of the molecule is COc1ccc(C(C)=O)cc1CC(=O)Nc1cc(C(N)=O)ccc1N1CCCC1. The van der Waals surface area contributed by atoms with Crippen molar-refractivity contribution in [1.29, 1.82) is 0 Å². The van der Waals surface area contributed by atoms with E-state index in [0.717, 1.165) is 31.6 Å². The van der Waals surface area contributed by atoms with Crippen LogP contribution in [-0.4, -0.2) is 37.8 Å². The van der Waals surface area contributed by atoms with Crippen molar-refractivity contribution in [1.82, 2.24) is 0 Å². The van der Waals surface area contributed by atoms with Crippen LogP contribution in [0.5, 0.6) is 5.75 Å². The predicted molar refractivity (Wildman–Crippen MR) is 112 cm³/mol. The summed E-state index contributed by atoms with van der Waals surface area (Å²) < 4.78 is 5.33. The number of nitrogens with one attached hydrogen (secondary N) is 1. The Bertz CT molecular complexity index is 949. The minimum Gasteiger partial charge on any atom is -0.496 e. The van der Waals surface area contributed by atoms with Crippen LogP contribution >= 0.6 is 0 Å². The van der Waals surface area contributed by atoms with Crippen molar-refractivity contribution in [2.75, 3.05) is 30.4 Å². The largest absolute Gasteiger partial charge is 0.496 e. The van der Waals surface area contributed by atoms with Gasteiger partial charge in [-0.05, 0) is 56.2 Å². The molecule has 1 saturated heterocycles. The lowest BCUT2D eigenvalue weighted by Gasteiger charge is -2.22. The van der Waals surface area contributed by atoms with Gasteiger partial charge in [0.25, 0.3) is 0 Å². The molecule has 1 heterocycles. The normalized spacial score (nSPS) is 13.2. The van der Waals surface area contributed by atoms with Gasteiger partial charge >= 0.3 is 0 Å². The fourth-order valence-electron chi connectivity index (χ4n) is 3.53. The fourth-order valence-corrected chi connectivity index (χ4v) is 3.53. The van der Waals surface area contributed by atoms with E-state index in [0.29, 0.717) is 28.1 Å². The van der Waals surface area contributed by atoms with Crippen LogP contribution in [0.2, 0.25) is 0 Å². The number of methoxy groups -OCH3 is 1. The molecule has 0 atom stereocenters. The molecule has 7 nitrogen and oxygen atoms in total. The van der Waals surface area contributed by atoms with Gasteiger partial charge in [-0.2, -0.15) is 0 Å². The van der Waals surface area contributed by atoms with Crippen LogP contribution < -0.4 is 20.7 Å². The summed E-state index contributed by atoms with van der Waals surface area (Å²) in [6, 6.07) is 10.1. The van der Waals surface area contributed by atoms with E-state index in [4.69, 9.17) is 10.5 Å². The summed E-state index contributed by atoms with van der Waals surface area (Å²) in [4.78, 5) is 38.2. The minimum atomic E-state index is -0.552. The average Bonchev–Trinajstić information content (AvgIpc) is 3.22. The number of rotatable bonds is 7. The number of anilines is 2. The van der Waals surface area contributed by atoms with Gasteiger partial charge in [0.05, 0.1) is 24.9 Å². The monoisotopic (exact) mass is 395 g/mol. The smallest absolute Gasteiger partial charge is 0.248 e. The van der Waals surface area contributed by atoms with Gasteiger partial charge in [0, 0.05) is 29.8 Å². The summed E-state index contributed by atoms with van der Waals surface area (Å²) in [5.74, 6) is -0.369. The Hall–Kier alpha value is -3.35. The van der Waals surface area contributed by atoms with Gasteiger partial charge in [-0.1, -0.05) is 0 Å². The zero-order valence-corrected chi connectivity index (χ0v) is 16.7. The highest BCUT2D eigenvalue weighted by atomic mass is 16.5. The average molecular weight is 395 g/mol. The Balaban J connectivity index is 1.86. The molecule has 0 unspecified atom stereocenters. The molecule has 0 saturated carbocycles. The van der Waals surface area contributed by atoms with Crippen LogP contribution in [0, 0.1) is 0 Å². The van der Waals surface area contributed by atoms with Crippen molar-refractivity contribution in [2.24, 2.45) is 5.73 Å². The number of primary amides is 1. The second kappa shape index (κ2) is 8.77. The van der Waals surface area contributed by atoms with Crippen molar-refractivity contribution >= 4 is 29.0 Å². The van der Waals surface area contributed by atoms with Gasteiger partial charge in [-0.15, -0.1) is 0 Å². The molecule has 0 spiro atoms. The van der Waals surface area contributed by atoms with Crippen molar-refractivity contribution in [3.05, 3.63) is 53.1 Å². The maximum absolute atomic E-state index is 12.8. The Morgan fingerprint density at radius 1 is 1.07 bits per heavy atom. The minimum absolute atomic E-state index is 0.0323. The third-order valence-electron chi connectivity index (χ3n) is 5.04. The maximum Gasteiger partial charge on any atom is 0.248 e. The number of carbonyl (C=O) groups is 3. The zero-order valence-electron chi connectivity index (χ0n) is 16.7. The van der Waals surface area contributed by atoms with Gasteiger partial charge in [-0.3, -0.25) is 14.4 Å². The molecule has 1 fully saturated rings. The first-order chi connectivity index (χ1) is 13.9. The molecule has 152 valence electrons. The van der Waals surface area contributed by atoms with E-state index in [1.807, 2.05) is 6.07 Å². The molecule has 2 amide bonds. The molecule has 0 bridgehead atoms. The number of ketones is 1. The fraction of sp³-hybridized carbons (Fsp3) is 0.318. The zero-order chi connectivity index (χ0) is 21.0. The number of nitrogens with zero attached hydrogens (tertiary/aromatic N) is 1. The van der Waals surface area contributed by atoms with Crippen molar-refractivity contribution in [3.63, 3.8) is 0 Å². The lowest BCUT2D eigenvalue weighted by molar-refractivity contribution is -0.115. The highest BCUT2D eigenvalue weighted by Crippen LogP contribution is 2.30. The van der Waals surface area contributed by atoms with Crippen LogP contribution in [0.25, 0.3) is 0 Å². The summed E-state index contributed by atoms with van der Waals surface area (Å²) in [5.41, 5.74) is 8.29. The molecule has 3 rings (SSSR count). The van der Waals surface area contributed by atoms with Crippen LogP contribution in [-0.2, 0) is 11.2 Å². The second-order valence-corrected chi connectivity index (χ2v) is 7.10. The predicted octanol–water partition coefficient (Wildman–Crippen LogP) is 2.78. The Morgan fingerprint density at radius 2 is 1.76 bits per heavy atom. The standard InChI is InChI=1S/C22H25N3O4/c1-14(26)15-6-8-20(29-2)17(11-15)13-21(27)24-18-12-16(22(23)28)5-7-19(18)25-9-3-4-10-25/h5-8,11-12H,3-4,9-10,13H2,1-2H3,(H2,23,28)(H,24,27). The summed E-state index contributed by atoms with van der Waals surface area (Å²) in [6.45, 7) is 3.27. The number of ether oxygens (including phenoxy) is 1. The van der Waals surface area contributed by atoms with E-state index in [-0.39, 0.29) is 18.1 Å². The lowest BCUT2D eigenvalue weighted by atomic mass is 10.0. The van der Waals surface area contributed by atoms with E-state index in [9.17, 15) is 14.4 Å². The van der Waals surface area contributed by atoms with Crippen molar-refractivity contribution in [2.45, 2.75) is 26.2 Å². The first kappa shape index (κ1) is 20.4. The number of hydrogen-bond donors (Lipinski definition) is 2. The molecule has 0 aliphatic carbocycles. The van der Waals surface area contributed by atoms with Crippen LogP contribution in [0.4, 0.5) is 11.4 Å². The number of amides is 2. The molecule has 1 aliphatic heterocycles. The first-order valence-electron chi connectivity index (χ1n) is 9.55. The van der Waals surface area contributed by atoms with Gasteiger partial charge in [-0.25, -0.2) is 0 Å². The molecule has 2 aromatic rings. The summed E-state index contributed by atoms with van der Waals surface area (Å²) in [6.07, 6.45) is 2.20. The van der Waals surface area contributed by atoms with Gasteiger partial charge in [0.2, 0.25) is 11.8 Å². The molecule has 29 heavy (non-hydrogen) atoms. The molecular formula is C22H25N3O4. The first-order valence-corrected chi connectivity index (χ1v) is 9.55. The molecule has 0 aromatic heterocycles. The molecular weight excluding hydrogens is 370 g/mol. The van der Waals surface area contributed by atoms with Gasteiger partial charge in [0.1, 0.15) is 5.75 Å². The third kappa shape index (κ3) is 4.74. The Labute approximate surface area is 169 Å². The highest BCUT2D eigenvalue weighted by molar-refractivity contribution is 6.00. The Morgan fingerprint density at radius 3 is 2.38 bits per heavy atom. The highest BCUT2D eigenvalue weighted by Gasteiger charge is 2.19. The van der Waals surface area contributed by atoms with Crippen LogP contribution in [0.1, 0.15) is 46.0 Å². The topological polar surface area (TPSA) is 102 Å². The number of hydrogen-bond acceptors (Lipinski definition) is 5. The van der Waals surface area contributed by atoms with Gasteiger partial charge < -0.3 is 20.7 Å². The molecule has 2 aromatic carbocycles. The summed E-state index contributed by atoms with van der Waals surface area (Å²) in [5, 5.41) is 2.90. The van der Waals surface area contributed by atoms with Crippen LogP contribution in [0.15, 0.2) is 36.4 Å². The number of carbonyl (C=O) groups excluding carboxylic acids is 3. The number of Topliss-reactive ketones (excluding diaryl/α,β-unsaturated/α-hetero) is 1. The number of benzene rings is 2. The molecule has 0 radical (unpaired) electrons. The van der Waals surface area contributed by atoms with E-state index in [1.54, 1.807) is 30.3 Å². The van der Waals surface area contributed by atoms with Crippen LogP contribution in [0.3, 0.4) is 0 Å². The van der Waals surface area contributed by atoms with E-state index < -0.39 is 5.91 Å². The molecule has 3 N–H and O–H groups in total. The molecule has 1 aliphatic rings. The van der Waals surface area contributed by atoms with Gasteiger partial charge in [0.15, 0.2) is 5.78 Å². The summed E-state index contributed by atoms with van der Waals surface area (Å²) in [7, 11) is 1.52. The van der Waals surface area contributed by atoms with E-state index >= 15 is 0 Å². The lowest BCUT2D eigenvalue weighted by Crippen LogP contribution is -2.23. The maximum atomic E-state index is 12.8. The quantitative estimate of drug-likeness (QED) is 0.702. The molecule has 7 heteroatoms. The Kier molecular flexibility index (Phi) is 6.16. The third-order valence-corrected chi connectivity index (χ3v) is 5.04.